The van der Waals surface area contributed by atoms with Crippen LogP contribution in [0.5, 0.6) is 11.5 Å². The second-order valence-corrected chi connectivity index (χ2v) is 5.22. The van der Waals surface area contributed by atoms with E-state index >= 15 is 0 Å². The van der Waals surface area contributed by atoms with E-state index in [-0.39, 0.29) is 11.9 Å². The summed E-state index contributed by atoms with van der Waals surface area (Å²) in [7, 11) is 0. The van der Waals surface area contributed by atoms with Crippen LogP contribution in [0.3, 0.4) is 0 Å². The van der Waals surface area contributed by atoms with Crippen molar-refractivity contribution >= 4 is 5.97 Å². The van der Waals surface area contributed by atoms with Crippen LogP contribution >= 0.6 is 0 Å². The van der Waals surface area contributed by atoms with Gasteiger partial charge in [-0.2, -0.15) is 0 Å². The predicted octanol–water partition coefficient (Wildman–Crippen LogP) is 1.58. The van der Waals surface area contributed by atoms with Gasteiger partial charge in [0, 0.05) is 0 Å². The van der Waals surface area contributed by atoms with Crippen molar-refractivity contribution in [1.29, 1.82) is 0 Å². The highest BCUT2D eigenvalue weighted by Crippen LogP contribution is 2.46. The lowest BCUT2D eigenvalue weighted by Gasteiger charge is -2.29. The molecule has 1 aliphatic heterocycles. The van der Waals surface area contributed by atoms with Crippen LogP contribution in [0.15, 0.2) is 18.2 Å². The van der Waals surface area contributed by atoms with Gasteiger partial charge in [-0.15, -0.1) is 0 Å². The van der Waals surface area contributed by atoms with Gasteiger partial charge in [-0.05, 0) is 43.4 Å². The third-order valence-corrected chi connectivity index (χ3v) is 3.85. The van der Waals surface area contributed by atoms with E-state index < -0.39 is 5.54 Å². The Balaban J connectivity index is 1.97. The Kier molecular flexibility index (Phi) is 3.30. The normalized spacial score (nSPS) is 20.1. The maximum absolute atomic E-state index is 12.3. The number of esters is 1. The van der Waals surface area contributed by atoms with Crippen LogP contribution in [0, 0.1) is 5.92 Å². The number of fused-ring (bicyclic) bond motifs is 1. The fourth-order valence-electron chi connectivity index (χ4n) is 2.61. The number of carbonyl (C=O) groups excluding carboxylic acids is 1. The third-order valence-electron chi connectivity index (χ3n) is 3.85. The fraction of sp³-hybridized carbons (Fsp3) is 0.533. The van der Waals surface area contributed by atoms with Gasteiger partial charge in [-0.3, -0.25) is 0 Å². The third kappa shape index (κ3) is 2.12. The minimum atomic E-state index is -1.08. The lowest BCUT2D eigenvalue weighted by Crippen LogP contribution is -2.48. The van der Waals surface area contributed by atoms with E-state index in [1.807, 2.05) is 18.2 Å². The molecule has 5 nitrogen and oxygen atoms in total. The van der Waals surface area contributed by atoms with E-state index in [2.05, 4.69) is 0 Å². The van der Waals surface area contributed by atoms with Crippen LogP contribution in [0.4, 0.5) is 0 Å². The summed E-state index contributed by atoms with van der Waals surface area (Å²) in [6.07, 6.45) is 1.90. The second-order valence-electron chi connectivity index (χ2n) is 5.22. The van der Waals surface area contributed by atoms with Crippen molar-refractivity contribution in [2.24, 2.45) is 11.7 Å². The molecule has 2 aliphatic rings. The smallest absolute Gasteiger partial charge is 0.331 e. The summed E-state index contributed by atoms with van der Waals surface area (Å²) in [6.45, 7) is 3.17. The fourth-order valence-corrected chi connectivity index (χ4v) is 2.61. The van der Waals surface area contributed by atoms with Crippen LogP contribution in [-0.2, 0) is 15.1 Å². The van der Waals surface area contributed by atoms with Gasteiger partial charge in [-0.1, -0.05) is 6.07 Å². The van der Waals surface area contributed by atoms with Crippen molar-refractivity contribution in [2.45, 2.75) is 25.3 Å². The molecule has 108 valence electrons. The number of rotatable bonds is 4. The van der Waals surface area contributed by atoms with Crippen molar-refractivity contribution in [1.82, 2.24) is 0 Å². The number of nitrogens with two attached hydrogens (primary N) is 1. The van der Waals surface area contributed by atoms with E-state index in [9.17, 15) is 4.79 Å². The van der Waals surface area contributed by atoms with Gasteiger partial charge >= 0.3 is 5.97 Å². The largest absolute Gasteiger partial charge is 0.486 e. The van der Waals surface area contributed by atoms with Crippen LogP contribution in [-0.4, -0.2) is 25.8 Å². The average molecular weight is 277 g/mol. The van der Waals surface area contributed by atoms with Gasteiger partial charge in [0.1, 0.15) is 18.8 Å². The Morgan fingerprint density at radius 1 is 1.35 bits per heavy atom. The molecule has 0 bridgehead atoms. The summed E-state index contributed by atoms with van der Waals surface area (Å²) in [5.41, 5.74) is 6.08. The monoisotopic (exact) mass is 277 g/mol. The molecule has 1 aliphatic carbocycles. The Bertz CT molecular complexity index is 527. The molecular formula is C15H19NO4. The Morgan fingerprint density at radius 2 is 2.05 bits per heavy atom. The van der Waals surface area contributed by atoms with Gasteiger partial charge in [0.2, 0.25) is 0 Å². The van der Waals surface area contributed by atoms with E-state index in [0.717, 1.165) is 18.4 Å². The summed E-state index contributed by atoms with van der Waals surface area (Å²) < 4.78 is 16.2. The quantitative estimate of drug-likeness (QED) is 0.846. The summed E-state index contributed by atoms with van der Waals surface area (Å²) in [4.78, 5) is 12.3. The molecule has 1 aromatic rings. The highest BCUT2D eigenvalue weighted by Gasteiger charge is 2.50. The summed E-state index contributed by atoms with van der Waals surface area (Å²) in [5.74, 6) is 1.12. The molecule has 0 saturated heterocycles. The molecule has 5 heteroatoms. The number of carbonyl (C=O) groups is 1. The minimum Gasteiger partial charge on any atom is -0.486 e. The molecule has 0 amide bonds. The summed E-state index contributed by atoms with van der Waals surface area (Å²) in [6, 6.07) is 5.46. The molecule has 1 aromatic carbocycles. The minimum absolute atomic E-state index is 0.143. The first-order chi connectivity index (χ1) is 9.66. The maximum Gasteiger partial charge on any atom is 0.331 e. The number of ether oxygens (including phenoxy) is 3. The zero-order chi connectivity index (χ0) is 14.2. The lowest BCUT2D eigenvalue weighted by molar-refractivity contribution is -0.151. The maximum atomic E-state index is 12.3. The highest BCUT2D eigenvalue weighted by molar-refractivity contribution is 5.83. The van der Waals surface area contributed by atoms with E-state index in [1.54, 1.807) is 6.92 Å². The van der Waals surface area contributed by atoms with Gasteiger partial charge < -0.3 is 19.9 Å². The second kappa shape index (κ2) is 4.98. The molecule has 1 fully saturated rings. The molecular weight excluding hydrogens is 258 g/mol. The Morgan fingerprint density at radius 3 is 2.70 bits per heavy atom. The van der Waals surface area contributed by atoms with Crippen molar-refractivity contribution in [3.05, 3.63) is 23.8 Å². The molecule has 20 heavy (non-hydrogen) atoms. The standard InChI is InChI=1S/C15H19NO4/c1-2-18-14(17)15(16,10-3-4-10)11-5-6-12-13(9-11)20-8-7-19-12/h5-6,9-10H,2-4,7-8,16H2,1H3. The van der Waals surface area contributed by atoms with E-state index in [4.69, 9.17) is 19.9 Å². The number of hydrogen-bond donors (Lipinski definition) is 1. The predicted molar refractivity (Wildman–Crippen MR) is 72.7 cm³/mol. The summed E-state index contributed by atoms with van der Waals surface area (Å²) >= 11 is 0. The van der Waals surface area contributed by atoms with Gasteiger partial charge in [-0.25, -0.2) is 4.79 Å². The van der Waals surface area contributed by atoms with Crippen LogP contribution in [0.25, 0.3) is 0 Å². The van der Waals surface area contributed by atoms with E-state index in [1.165, 1.54) is 0 Å². The first-order valence-electron chi connectivity index (χ1n) is 7.02. The van der Waals surface area contributed by atoms with Gasteiger partial charge in [0.15, 0.2) is 11.5 Å². The highest BCUT2D eigenvalue weighted by atomic mass is 16.6. The van der Waals surface area contributed by atoms with Crippen molar-refractivity contribution in [3.63, 3.8) is 0 Å². The summed E-state index contributed by atoms with van der Waals surface area (Å²) in [5, 5.41) is 0. The van der Waals surface area contributed by atoms with Gasteiger partial charge in [0.05, 0.1) is 6.61 Å². The average Bonchev–Trinajstić information content (AvgIpc) is 3.31. The lowest BCUT2D eigenvalue weighted by atomic mass is 9.85. The van der Waals surface area contributed by atoms with Crippen LogP contribution in [0.1, 0.15) is 25.3 Å². The first-order valence-corrected chi connectivity index (χ1v) is 7.02. The first kappa shape index (κ1) is 13.2. The molecule has 0 spiro atoms. The number of hydrogen-bond acceptors (Lipinski definition) is 5. The molecule has 3 rings (SSSR count). The van der Waals surface area contributed by atoms with Crippen LogP contribution in [0.2, 0.25) is 0 Å². The van der Waals surface area contributed by atoms with Crippen molar-refractivity contribution in [2.75, 3.05) is 19.8 Å². The Labute approximate surface area is 118 Å². The zero-order valence-electron chi connectivity index (χ0n) is 11.6. The molecule has 2 N–H and O–H groups in total. The molecule has 0 aromatic heterocycles. The molecule has 1 heterocycles. The number of benzene rings is 1. The van der Waals surface area contributed by atoms with E-state index in [0.29, 0.717) is 31.3 Å². The molecule has 1 saturated carbocycles. The topological polar surface area (TPSA) is 70.8 Å². The van der Waals surface area contributed by atoms with Crippen molar-refractivity contribution < 1.29 is 19.0 Å². The van der Waals surface area contributed by atoms with Gasteiger partial charge in [0.25, 0.3) is 0 Å². The zero-order valence-corrected chi connectivity index (χ0v) is 11.6. The molecule has 0 radical (unpaired) electrons. The van der Waals surface area contributed by atoms with Crippen LogP contribution < -0.4 is 15.2 Å². The Hall–Kier alpha value is -1.75. The van der Waals surface area contributed by atoms with Crippen molar-refractivity contribution in [3.8, 4) is 11.5 Å². The SMILES string of the molecule is CCOC(=O)C(N)(c1ccc2c(c1)OCCO2)C1CC1. The molecule has 1 atom stereocenters. The molecule has 1 unspecified atom stereocenters.